The lowest BCUT2D eigenvalue weighted by Crippen LogP contribution is -2.44. The van der Waals surface area contributed by atoms with Crippen molar-refractivity contribution >= 4 is 5.91 Å². The summed E-state index contributed by atoms with van der Waals surface area (Å²) in [5.74, 6) is 0.698. The molecule has 1 saturated carbocycles. The van der Waals surface area contributed by atoms with E-state index in [1.54, 1.807) is 0 Å². The number of aliphatic hydroxyl groups excluding tert-OH is 1. The van der Waals surface area contributed by atoms with Crippen molar-refractivity contribution in [1.82, 2.24) is 10.2 Å². The summed E-state index contributed by atoms with van der Waals surface area (Å²) in [7, 11) is 0. The molecule has 0 unspecified atom stereocenters. The summed E-state index contributed by atoms with van der Waals surface area (Å²) < 4.78 is 0. The summed E-state index contributed by atoms with van der Waals surface area (Å²) in [5.41, 5.74) is 1.13. The van der Waals surface area contributed by atoms with Gasteiger partial charge in [0.2, 0.25) is 5.91 Å². The molecule has 1 heterocycles. The predicted molar refractivity (Wildman–Crippen MR) is 86.2 cm³/mol. The number of aliphatic hydroxyl groups is 1. The number of hydrogen-bond donors (Lipinski definition) is 2. The lowest BCUT2D eigenvalue weighted by molar-refractivity contribution is -0.131. The van der Waals surface area contributed by atoms with Gasteiger partial charge in [-0.2, -0.15) is 0 Å². The van der Waals surface area contributed by atoms with Gasteiger partial charge in [-0.25, -0.2) is 0 Å². The second-order valence-corrected chi connectivity index (χ2v) is 6.73. The maximum Gasteiger partial charge on any atom is 0.227 e. The molecule has 4 heteroatoms. The zero-order valence-corrected chi connectivity index (χ0v) is 13.1. The Balaban J connectivity index is 1.64. The molecule has 0 radical (unpaired) electrons. The van der Waals surface area contributed by atoms with Crippen LogP contribution in [0.25, 0.3) is 0 Å². The number of benzene rings is 1. The molecule has 2 atom stereocenters. The second-order valence-electron chi connectivity index (χ2n) is 6.73. The minimum atomic E-state index is -0.190. The Kier molecular flexibility index (Phi) is 4.79. The number of carbonyl (C=O) groups is 1. The van der Waals surface area contributed by atoms with Crippen LogP contribution in [0.2, 0.25) is 0 Å². The normalized spacial score (nSPS) is 27.8. The largest absolute Gasteiger partial charge is 0.396 e. The molecule has 1 aliphatic heterocycles. The molecule has 0 bridgehead atoms. The Morgan fingerprint density at radius 1 is 1.36 bits per heavy atom. The van der Waals surface area contributed by atoms with Gasteiger partial charge < -0.3 is 10.4 Å². The number of fused-ring (bicyclic) bond motifs is 1. The maximum absolute atomic E-state index is 12.7. The van der Waals surface area contributed by atoms with Gasteiger partial charge in [0.15, 0.2) is 0 Å². The summed E-state index contributed by atoms with van der Waals surface area (Å²) in [5, 5.41) is 11.9. The highest BCUT2D eigenvalue weighted by atomic mass is 16.3. The maximum atomic E-state index is 12.7. The first-order chi connectivity index (χ1) is 10.7. The second kappa shape index (κ2) is 6.80. The predicted octanol–water partition coefficient (Wildman–Crippen LogP) is 1.79. The van der Waals surface area contributed by atoms with Gasteiger partial charge in [0.1, 0.15) is 0 Å². The molecule has 2 aliphatic rings. The fourth-order valence-corrected chi connectivity index (χ4v) is 4.18. The van der Waals surface area contributed by atoms with Crippen molar-refractivity contribution in [2.24, 2.45) is 11.3 Å². The van der Waals surface area contributed by atoms with Gasteiger partial charge in [0.25, 0.3) is 0 Å². The third-order valence-corrected chi connectivity index (χ3v) is 5.26. The summed E-state index contributed by atoms with van der Waals surface area (Å²) in [6.07, 6.45) is 3.98. The van der Waals surface area contributed by atoms with Gasteiger partial charge in [-0.1, -0.05) is 36.8 Å². The number of likely N-dealkylation sites (tertiary alicyclic amines) is 1. The highest BCUT2D eigenvalue weighted by Gasteiger charge is 2.53. The smallest absolute Gasteiger partial charge is 0.227 e. The van der Waals surface area contributed by atoms with Crippen molar-refractivity contribution in [3.63, 3.8) is 0 Å². The SMILES string of the molecule is O=C(NCCCO)[C@@]12CCC[C@@H]1CN(Cc1ccccc1)C2. The van der Waals surface area contributed by atoms with E-state index >= 15 is 0 Å². The number of nitrogens with one attached hydrogen (secondary N) is 1. The van der Waals surface area contributed by atoms with E-state index in [1.165, 1.54) is 12.0 Å². The van der Waals surface area contributed by atoms with Gasteiger partial charge in [-0.15, -0.1) is 0 Å². The summed E-state index contributed by atoms with van der Waals surface area (Å²) in [4.78, 5) is 15.1. The van der Waals surface area contributed by atoms with E-state index in [2.05, 4.69) is 34.5 Å². The van der Waals surface area contributed by atoms with Crippen LogP contribution < -0.4 is 5.32 Å². The quantitative estimate of drug-likeness (QED) is 0.788. The molecule has 22 heavy (non-hydrogen) atoms. The summed E-state index contributed by atoms with van der Waals surface area (Å²) in [6, 6.07) is 10.5. The number of amides is 1. The molecule has 2 fully saturated rings. The average molecular weight is 302 g/mol. The van der Waals surface area contributed by atoms with E-state index in [1.807, 2.05) is 6.07 Å². The third-order valence-electron chi connectivity index (χ3n) is 5.26. The fraction of sp³-hybridized carbons (Fsp3) is 0.611. The third kappa shape index (κ3) is 3.03. The zero-order chi connectivity index (χ0) is 15.4. The molecule has 2 N–H and O–H groups in total. The molecule has 1 aromatic rings. The number of nitrogens with zero attached hydrogens (tertiary/aromatic N) is 1. The van der Waals surface area contributed by atoms with E-state index in [0.717, 1.165) is 32.5 Å². The lowest BCUT2D eigenvalue weighted by atomic mass is 9.80. The van der Waals surface area contributed by atoms with Crippen LogP contribution in [0.1, 0.15) is 31.2 Å². The van der Waals surface area contributed by atoms with Crippen LogP contribution in [0, 0.1) is 11.3 Å². The first-order valence-electron chi connectivity index (χ1n) is 8.40. The van der Waals surface area contributed by atoms with E-state index < -0.39 is 0 Å². The Bertz CT molecular complexity index is 505. The van der Waals surface area contributed by atoms with Crippen molar-refractivity contribution < 1.29 is 9.90 Å². The van der Waals surface area contributed by atoms with Crippen molar-refractivity contribution in [2.75, 3.05) is 26.2 Å². The van der Waals surface area contributed by atoms with Crippen molar-refractivity contribution in [3.05, 3.63) is 35.9 Å². The minimum absolute atomic E-state index is 0.136. The van der Waals surface area contributed by atoms with Crippen LogP contribution in [-0.4, -0.2) is 42.2 Å². The number of carbonyl (C=O) groups excluding carboxylic acids is 1. The average Bonchev–Trinajstić information content (AvgIpc) is 3.06. The molecular formula is C18H26N2O2. The van der Waals surface area contributed by atoms with E-state index in [4.69, 9.17) is 5.11 Å². The standard InChI is InChI=1S/C18H26N2O2/c21-11-5-10-19-17(22)18-9-4-8-16(18)13-20(14-18)12-15-6-2-1-3-7-15/h1-3,6-7,16,21H,4-5,8-14H2,(H,19,22)/t16-,18-/m1/s1. The Labute approximate surface area is 132 Å². The number of rotatable bonds is 6. The Hall–Kier alpha value is -1.39. The minimum Gasteiger partial charge on any atom is -0.396 e. The van der Waals surface area contributed by atoms with Gasteiger partial charge in [0, 0.05) is 32.8 Å². The van der Waals surface area contributed by atoms with Crippen LogP contribution in [0.3, 0.4) is 0 Å². The summed E-state index contributed by atoms with van der Waals surface area (Å²) in [6.45, 7) is 3.56. The highest BCUT2D eigenvalue weighted by molar-refractivity contribution is 5.84. The first-order valence-corrected chi connectivity index (χ1v) is 8.40. The fourth-order valence-electron chi connectivity index (χ4n) is 4.18. The highest BCUT2D eigenvalue weighted by Crippen LogP contribution is 2.49. The van der Waals surface area contributed by atoms with Crippen LogP contribution >= 0.6 is 0 Å². The first kappa shape index (κ1) is 15.5. The van der Waals surface area contributed by atoms with Crippen LogP contribution in [0.5, 0.6) is 0 Å². The number of hydrogen-bond acceptors (Lipinski definition) is 3. The zero-order valence-electron chi connectivity index (χ0n) is 13.1. The van der Waals surface area contributed by atoms with Crippen LogP contribution in [0.15, 0.2) is 30.3 Å². The molecule has 4 nitrogen and oxygen atoms in total. The van der Waals surface area contributed by atoms with Crippen molar-refractivity contribution in [3.8, 4) is 0 Å². The molecule has 1 aliphatic carbocycles. The van der Waals surface area contributed by atoms with Crippen molar-refractivity contribution in [2.45, 2.75) is 32.2 Å². The molecular weight excluding hydrogens is 276 g/mol. The van der Waals surface area contributed by atoms with Gasteiger partial charge in [0.05, 0.1) is 5.41 Å². The van der Waals surface area contributed by atoms with Crippen LogP contribution in [-0.2, 0) is 11.3 Å². The van der Waals surface area contributed by atoms with Gasteiger partial charge in [-0.3, -0.25) is 9.69 Å². The van der Waals surface area contributed by atoms with E-state index in [-0.39, 0.29) is 17.9 Å². The summed E-state index contributed by atoms with van der Waals surface area (Å²) >= 11 is 0. The van der Waals surface area contributed by atoms with E-state index in [0.29, 0.717) is 18.9 Å². The molecule has 0 aromatic heterocycles. The van der Waals surface area contributed by atoms with Crippen LogP contribution in [0.4, 0.5) is 0 Å². The molecule has 0 spiro atoms. The van der Waals surface area contributed by atoms with E-state index in [9.17, 15) is 4.79 Å². The monoisotopic (exact) mass is 302 g/mol. The molecule has 3 rings (SSSR count). The van der Waals surface area contributed by atoms with Gasteiger partial charge >= 0.3 is 0 Å². The Morgan fingerprint density at radius 3 is 2.95 bits per heavy atom. The Morgan fingerprint density at radius 2 is 2.18 bits per heavy atom. The topological polar surface area (TPSA) is 52.6 Å². The molecule has 120 valence electrons. The lowest BCUT2D eigenvalue weighted by Gasteiger charge is -2.27. The van der Waals surface area contributed by atoms with Crippen molar-refractivity contribution in [1.29, 1.82) is 0 Å². The molecule has 1 aromatic carbocycles. The molecule has 1 amide bonds. The molecule has 1 saturated heterocycles. The van der Waals surface area contributed by atoms with Gasteiger partial charge in [-0.05, 0) is 30.7 Å².